The number of benzene rings is 2. The number of hydrogen-bond donors (Lipinski definition) is 1. The van der Waals surface area contributed by atoms with Gasteiger partial charge in [-0.1, -0.05) is 29.8 Å². The Morgan fingerprint density at radius 3 is 2.92 bits per heavy atom. The Balaban J connectivity index is 1.39. The highest BCUT2D eigenvalue weighted by atomic mass is 16.6. The SMILES string of the molecule is Cc1cccc(C(=O)Nc2cnn(CC3COc4ccccc4O3)c2)c1. The summed E-state index contributed by atoms with van der Waals surface area (Å²) in [4.78, 5) is 12.3. The normalized spacial score (nSPS) is 15.5. The number of nitrogens with zero attached hydrogens (tertiary/aromatic N) is 2. The van der Waals surface area contributed by atoms with E-state index in [0.29, 0.717) is 24.4 Å². The summed E-state index contributed by atoms with van der Waals surface area (Å²) in [5, 5.41) is 7.16. The van der Waals surface area contributed by atoms with Gasteiger partial charge >= 0.3 is 0 Å². The van der Waals surface area contributed by atoms with Crippen LogP contribution in [0.1, 0.15) is 15.9 Å². The molecule has 132 valence electrons. The van der Waals surface area contributed by atoms with Crippen molar-refractivity contribution in [2.24, 2.45) is 0 Å². The topological polar surface area (TPSA) is 65.4 Å². The average Bonchev–Trinajstić information content (AvgIpc) is 3.08. The van der Waals surface area contributed by atoms with Crippen LogP contribution in [-0.2, 0) is 6.54 Å². The van der Waals surface area contributed by atoms with Crippen LogP contribution in [0.5, 0.6) is 11.5 Å². The van der Waals surface area contributed by atoms with Crippen LogP contribution in [0.3, 0.4) is 0 Å². The molecule has 1 aromatic heterocycles. The van der Waals surface area contributed by atoms with E-state index in [1.54, 1.807) is 23.1 Å². The summed E-state index contributed by atoms with van der Waals surface area (Å²) in [6, 6.07) is 15.1. The lowest BCUT2D eigenvalue weighted by molar-refractivity contribution is 0.0759. The van der Waals surface area contributed by atoms with Gasteiger partial charge in [-0.25, -0.2) is 0 Å². The quantitative estimate of drug-likeness (QED) is 0.785. The Hall–Kier alpha value is -3.28. The molecule has 26 heavy (non-hydrogen) atoms. The third-order valence-electron chi connectivity index (χ3n) is 4.13. The van der Waals surface area contributed by atoms with E-state index in [-0.39, 0.29) is 12.0 Å². The highest BCUT2D eigenvalue weighted by Gasteiger charge is 2.21. The summed E-state index contributed by atoms with van der Waals surface area (Å²) in [6.45, 7) is 2.95. The van der Waals surface area contributed by atoms with Gasteiger partial charge in [-0.2, -0.15) is 5.10 Å². The number of aromatic nitrogens is 2. The molecule has 3 aromatic rings. The van der Waals surface area contributed by atoms with Crippen molar-refractivity contribution in [3.8, 4) is 11.5 Å². The number of para-hydroxylation sites is 2. The number of amides is 1. The first kappa shape index (κ1) is 16.2. The fraction of sp³-hybridized carbons (Fsp3) is 0.200. The van der Waals surface area contributed by atoms with Crippen LogP contribution in [0.25, 0.3) is 0 Å². The minimum Gasteiger partial charge on any atom is -0.486 e. The first-order chi connectivity index (χ1) is 12.7. The molecule has 0 aliphatic carbocycles. The van der Waals surface area contributed by atoms with E-state index < -0.39 is 0 Å². The van der Waals surface area contributed by atoms with Gasteiger partial charge in [0.15, 0.2) is 17.6 Å². The molecule has 1 N–H and O–H groups in total. The Morgan fingerprint density at radius 2 is 2.08 bits per heavy atom. The molecule has 6 nitrogen and oxygen atoms in total. The summed E-state index contributed by atoms with van der Waals surface area (Å²) < 4.78 is 13.4. The Bertz CT molecular complexity index is 935. The van der Waals surface area contributed by atoms with Crippen molar-refractivity contribution in [2.45, 2.75) is 19.6 Å². The fourth-order valence-corrected chi connectivity index (χ4v) is 2.88. The molecular formula is C20H19N3O3. The lowest BCUT2D eigenvalue weighted by atomic mass is 10.1. The minimum absolute atomic E-state index is 0.134. The third-order valence-corrected chi connectivity index (χ3v) is 4.13. The van der Waals surface area contributed by atoms with Crippen molar-refractivity contribution in [3.05, 3.63) is 72.1 Å². The van der Waals surface area contributed by atoms with Crippen LogP contribution in [0.15, 0.2) is 60.9 Å². The molecule has 1 unspecified atom stereocenters. The number of hydrogen-bond acceptors (Lipinski definition) is 4. The minimum atomic E-state index is -0.153. The maximum Gasteiger partial charge on any atom is 0.255 e. The lowest BCUT2D eigenvalue weighted by Crippen LogP contribution is -2.33. The number of anilines is 1. The third kappa shape index (κ3) is 3.54. The summed E-state index contributed by atoms with van der Waals surface area (Å²) >= 11 is 0. The number of carbonyl (C=O) groups is 1. The molecular weight excluding hydrogens is 330 g/mol. The second kappa shape index (κ2) is 6.92. The molecule has 6 heteroatoms. The molecule has 1 aliphatic heterocycles. The highest BCUT2D eigenvalue weighted by molar-refractivity contribution is 6.04. The molecule has 1 amide bonds. The number of ether oxygens (including phenoxy) is 2. The number of rotatable bonds is 4. The van der Waals surface area contributed by atoms with Crippen molar-refractivity contribution in [1.29, 1.82) is 0 Å². The van der Waals surface area contributed by atoms with Crippen molar-refractivity contribution in [1.82, 2.24) is 9.78 Å². The van der Waals surface area contributed by atoms with E-state index in [9.17, 15) is 4.79 Å². The molecule has 0 fully saturated rings. The number of carbonyl (C=O) groups excluding carboxylic acids is 1. The molecule has 1 atom stereocenters. The molecule has 2 aromatic carbocycles. The Labute approximate surface area is 151 Å². The van der Waals surface area contributed by atoms with Gasteiger partial charge in [-0.3, -0.25) is 9.48 Å². The van der Waals surface area contributed by atoms with Crippen LogP contribution in [0.4, 0.5) is 5.69 Å². The van der Waals surface area contributed by atoms with E-state index in [4.69, 9.17) is 9.47 Å². The molecule has 0 bridgehead atoms. The Kier molecular flexibility index (Phi) is 4.31. The van der Waals surface area contributed by atoms with Crippen LogP contribution < -0.4 is 14.8 Å². The van der Waals surface area contributed by atoms with Crippen molar-refractivity contribution < 1.29 is 14.3 Å². The number of fused-ring (bicyclic) bond motifs is 1. The van der Waals surface area contributed by atoms with E-state index >= 15 is 0 Å². The van der Waals surface area contributed by atoms with Gasteiger partial charge < -0.3 is 14.8 Å². The summed E-state index contributed by atoms with van der Waals surface area (Å²) in [6.07, 6.45) is 3.29. The van der Waals surface area contributed by atoms with Crippen LogP contribution in [0, 0.1) is 6.92 Å². The van der Waals surface area contributed by atoms with E-state index in [1.807, 2.05) is 49.4 Å². The maximum atomic E-state index is 12.3. The van der Waals surface area contributed by atoms with Gasteiger partial charge in [-0.05, 0) is 31.2 Å². The van der Waals surface area contributed by atoms with Crippen molar-refractivity contribution in [2.75, 3.05) is 11.9 Å². The first-order valence-electron chi connectivity index (χ1n) is 8.46. The summed E-state index contributed by atoms with van der Waals surface area (Å²) in [7, 11) is 0. The predicted octanol–water partition coefficient (Wildman–Crippen LogP) is 3.28. The van der Waals surface area contributed by atoms with E-state index in [2.05, 4.69) is 10.4 Å². The predicted molar refractivity (Wildman–Crippen MR) is 97.7 cm³/mol. The lowest BCUT2D eigenvalue weighted by Gasteiger charge is -2.26. The van der Waals surface area contributed by atoms with E-state index in [0.717, 1.165) is 17.1 Å². The standard InChI is InChI=1S/C20H19N3O3/c1-14-5-4-6-15(9-14)20(24)22-16-10-21-23(11-16)12-17-13-25-18-7-2-3-8-19(18)26-17/h2-11,17H,12-13H2,1H3,(H,22,24). The second-order valence-corrected chi connectivity index (χ2v) is 6.27. The van der Waals surface area contributed by atoms with Gasteiger partial charge in [0.25, 0.3) is 5.91 Å². The zero-order valence-corrected chi connectivity index (χ0v) is 14.4. The smallest absolute Gasteiger partial charge is 0.255 e. The molecule has 0 saturated heterocycles. The largest absolute Gasteiger partial charge is 0.486 e. The summed E-state index contributed by atoms with van der Waals surface area (Å²) in [5.41, 5.74) is 2.31. The highest BCUT2D eigenvalue weighted by Crippen LogP contribution is 2.31. The molecule has 2 heterocycles. The second-order valence-electron chi connectivity index (χ2n) is 6.27. The summed E-state index contributed by atoms with van der Waals surface area (Å²) in [5.74, 6) is 1.35. The zero-order chi connectivity index (χ0) is 17.9. The van der Waals surface area contributed by atoms with Gasteiger partial charge in [0.05, 0.1) is 18.4 Å². The maximum absolute atomic E-state index is 12.3. The number of nitrogens with one attached hydrogen (secondary N) is 1. The molecule has 0 saturated carbocycles. The molecule has 0 radical (unpaired) electrons. The van der Waals surface area contributed by atoms with E-state index in [1.165, 1.54) is 0 Å². The van der Waals surface area contributed by atoms with Crippen LogP contribution >= 0.6 is 0 Å². The van der Waals surface area contributed by atoms with Gasteiger partial charge in [0.1, 0.15) is 6.61 Å². The van der Waals surface area contributed by atoms with Crippen molar-refractivity contribution >= 4 is 11.6 Å². The average molecular weight is 349 g/mol. The molecule has 4 rings (SSSR count). The van der Waals surface area contributed by atoms with Crippen LogP contribution in [-0.4, -0.2) is 28.4 Å². The fourth-order valence-electron chi connectivity index (χ4n) is 2.88. The van der Waals surface area contributed by atoms with Gasteiger partial charge in [-0.15, -0.1) is 0 Å². The Morgan fingerprint density at radius 1 is 1.23 bits per heavy atom. The monoisotopic (exact) mass is 349 g/mol. The van der Waals surface area contributed by atoms with Crippen LogP contribution in [0.2, 0.25) is 0 Å². The molecule has 0 spiro atoms. The van der Waals surface area contributed by atoms with Gasteiger partial charge in [0, 0.05) is 11.8 Å². The van der Waals surface area contributed by atoms with Crippen molar-refractivity contribution in [3.63, 3.8) is 0 Å². The van der Waals surface area contributed by atoms with Gasteiger partial charge in [0.2, 0.25) is 0 Å². The first-order valence-corrected chi connectivity index (χ1v) is 8.46. The number of aryl methyl sites for hydroxylation is 1. The zero-order valence-electron chi connectivity index (χ0n) is 14.4. The molecule has 1 aliphatic rings.